The Labute approximate surface area is 131 Å². The number of aromatic amines is 1. The van der Waals surface area contributed by atoms with E-state index in [1.165, 1.54) is 4.88 Å². The Hall–Kier alpha value is -2.06. The molecule has 0 saturated carbocycles. The summed E-state index contributed by atoms with van der Waals surface area (Å²) in [7, 11) is 3.80. The predicted octanol–water partition coefficient (Wildman–Crippen LogP) is 1.10. The lowest BCUT2D eigenvalue weighted by Gasteiger charge is -2.15. The van der Waals surface area contributed by atoms with Gasteiger partial charge >= 0.3 is 0 Å². The van der Waals surface area contributed by atoms with Gasteiger partial charge in [-0.2, -0.15) is 5.10 Å². The van der Waals surface area contributed by atoms with Crippen molar-refractivity contribution in [3.8, 4) is 0 Å². The second kappa shape index (κ2) is 5.98. The van der Waals surface area contributed by atoms with Gasteiger partial charge < -0.3 is 4.98 Å². The maximum Gasteiger partial charge on any atom is 0.262 e. The van der Waals surface area contributed by atoms with E-state index in [-0.39, 0.29) is 5.56 Å². The largest absolute Gasteiger partial charge is 0.309 e. The molecule has 0 bridgehead atoms. The van der Waals surface area contributed by atoms with Crippen LogP contribution in [0.15, 0.2) is 16.5 Å². The molecule has 0 aromatic carbocycles. The van der Waals surface area contributed by atoms with Gasteiger partial charge in [-0.3, -0.25) is 14.4 Å². The molecule has 3 aromatic heterocycles. The SMILES string of the molecule is Cc1ncsc1CCN(C)Cc1nc2c(cnn2C)c(=O)[nH]1. The summed E-state index contributed by atoms with van der Waals surface area (Å²) in [5, 5.41) is 4.59. The molecule has 0 aliphatic rings. The molecule has 0 radical (unpaired) electrons. The summed E-state index contributed by atoms with van der Waals surface area (Å²) >= 11 is 1.68. The number of fused-ring (bicyclic) bond motifs is 1. The van der Waals surface area contributed by atoms with Crippen LogP contribution in [0.25, 0.3) is 11.0 Å². The van der Waals surface area contributed by atoms with Crippen molar-refractivity contribution >= 4 is 22.4 Å². The number of nitrogens with zero attached hydrogens (tertiary/aromatic N) is 5. The summed E-state index contributed by atoms with van der Waals surface area (Å²) < 4.78 is 1.62. The fourth-order valence-corrected chi connectivity index (χ4v) is 3.12. The van der Waals surface area contributed by atoms with Crippen molar-refractivity contribution in [3.05, 3.63) is 38.5 Å². The highest BCUT2D eigenvalue weighted by atomic mass is 32.1. The summed E-state index contributed by atoms with van der Waals surface area (Å²) in [6.45, 7) is 3.51. The second-order valence-electron chi connectivity index (χ2n) is 5.37. The summed E-state index contributed by atoms with van der Waals surface area (Å²) in [5.41, 5.74) is 3.45. The minimum absolute atomic E-state index is 0.139. The van der Waals surface area contributed by atoms with E-state index < -0.39 is 0 Å². The molecule has 7 nitrogen and oxygen atoms in total. The van der Waals surface area contributed by atoms with E-state index >= 15 is 0 Å². The Balaban J connectivity index is 1.71. The highest BCUT2D eigenvalue weighted by Crippen LogP contribution is 2.13. The van der Waals surface area contributed by atoms with Gasteiger partial charge in [0.25, 0.3) is 5.56 Å². The van der Waals surface area contributed by atoms with Crippen LogP contribution in [0.1, 0.15) is 16.4 Å². The van der Waals surface area contributed by atoms with E-state index in [4.69, 9.17) is 0 Å². The number of nitrogens with one attached hydrogen (secondary N) is 1. The standard InChI is InChI=1S/C14H18N6OS/c1-9-11(22-8-15-9)4-5-19(2)7-12-17-13-10(14(21)18-12)6-16-20(13)3/h6,8H,4-5,7H2,1-3H3,(H,17,18,21). The van der Waals surface area contributed by atoms with Crippen molar-refractivity contribution in [2.75, 3.05) is 13.6 Å². The lowest BCUT2D eigenvalue weighted by atomic mass is 10.3. The van der Waals surface area contributed by atoms with Crippen LogP contribution in [0.5, 0.6) is 0 Å². The third kappa shape index (κ3) is 2.93. The molecule has 0 amide bonds. The molecule has 0 spiro atoms. The molecule has 0 aliphatic heterocycles. The summed E-state index contributed by atoms with van der Waals surface area (Å²) in [4.78, 5) is 27.0. The molecule has 3 rings (SSSR count). The van der Waals surface area contributed by atoms with Gasteiger partial charge in [-0.25, -0.2) is 9.97 Å². The van der Waals surface area contributed by atoms with E-state index in [0.717, 1.165) is 18.7 Å². The lowest BCUT2D eigenvalue weighted by Crippen LogP contribution is -2.24. The summed E-state index contributed by atoms with van der Waals surface area (Å²) in [6, 6.07) is 0. The van der Waals surface area contributed by atoms with E-state index in [2.05, 4.69) is 25.0 Å². The number of thiazole rings is 1. The molecule has 3 aromatic rings. The van der Waals surface area contributed by atoms with Gasteiger partial charge in [-0.1, -0.05) is 0 Å². The van der Waals surface area contributed by atoms with E-state index in [1.54, 1.807) is 29.3 Å². The van der Waals surface area contributed by atoms with Gasteiger partial charge in [0.05, 0.1) is 23.9 Å². The summed E-state index contributed by atoms with van der Waals surface area (Å²) in [5.74, 6) is 0.657. The van der Waals surface area contributed by atoms with Crippen LogP contribution in [0.3, 0.4) is 0 Å². The molecular formula is C14H18N6OS. The van der Waals surface area contributed by atoms with Crippen LogP contribution in [0.2, 0.25) is 0 Å². The van der Waals surface area contributed by atoms with Gasteiger partial charge in [0.15, 0.2) is 5.65 Å². The number of H-pyrrole nitrogens is 1. The number of aryl methyl sites for hydroxylation is 2. The highest BCUT2D eigenvalue weighted by molar-refractivity contribution is 7.09. The zero-order chi connectivity index (χ0) is 15.7. The third-order valence-corrected chi connectivity index (χ3v) is 4.63. The van der Waals surface area contributed by atoms with Crippen molar-refractivity contribution in [2.24, 2.45) is 7.05 Å². The average Bonchev–Trinajstić information content (AvgIpc) is 3.04. The van der Waals surface area contributed by atoms with Crippen molar-refractivity contribution < 1.29 is 0 Å². The van der Waals surface area contributed by atoms with Crippen LogP contribution in [0, 0.1) is 6.92 Å². The Morgan fingerprint density at radius 1 is 1.45 bits per heavy atom. The molecule has 0 unspecified atom stereocenters. The number of rotatable bonds is 5. The zero-order valence-corrected chi connectivity index (χ0v) is 13.6. The fourth-order valence-electron chi connectivity index (χ4n) is 2.35. The number of hydrogen-bond acceptors (Lipinski definition) is 6. The molecule has 0 atom stereocenters. The smallest absolute Gasteiger partial charge is 0.262 e. The van der Waals surface area contributed by atoms with Crippen molar-refractivity contribution in [1.29, 1.82) is 0 Å². The molecule has 8 heteroatoms. The van der Waals surface area contributed by atoms with Crippen molar-refractivity contribution in [1.82, 2.24) is 29.6 Å². The molecule has 3 heterocycles. The Bertz CT molecular complexity index is 849. The van der Waals surface area contributed by atoms with Gasteiger partial charge in [-0.05, 0) is 20.4 Å². The lowest BCUT2D eigenvalue weighted by molar-refractivity contribution is 0.323. The normalized spacial score (nSPS) is 11.6. The Kier molecular flexibility index (Phi) is 4.04. The maximum atomic E-state index is 12.0. The second-order valence-corrected chi connectivity index (χ2v) is 6.31. The van der Waals surface area contributed by atoms with Crippen molar-refractivity contribution in [3.63, 3.8) is 0 Å². The van der Waals surface area contributed by atoms with Gasteiger partial charge in [-0.15, -0.1) is 11.3 Å². The van der Waals surface area contributed by atoms with E-state index in [9.17, 15) is 4.79 Å². The van der Waals surface area contributed by atoms with Crippen LogP contribution >= 0.6 is 11.3 Å². The monoisotopic (exact) mass is 318 g/mol. The summed E-state index contributed by atoms with van der Waals surface area (Å²) in [6.07, 6.45) is 2.49. The number of aromatic nitrogens is 5. The third-order valence-electron chi connectivity index (χ3n) is 3.64. The minimum atomic E-state index is -0.139. The predicted molar refractivity (Wildman–Crippen MR) is 86.0 cm³/mol. The average molecular weight is 318 g/mol. The molecule has 116 valence electrons. The quantitative estimate of drug-likeness (QED) is 0.762. The maximum absolute atomic E-state index is 12.0. The molecule has 0 aliphatic carbocycles. The fraction of sp³-hybridized carbons (Fsp3) is 0.429. The topological polar surface area (TPSA) is 79.7 Å². The van der Waals surface area contributed by atoms with Crippen LogP contribution in [0.4, 0.5) is 0 Å². The van der Waals surface area contributed by atoms with Crippen LogP contribution < -0.4 is 5.56 Å². The Morgan fingerprint density at radius 2 is 2.27 bits per heavy atom. The van der Waals surface area contributed by atoms with Gasteiger partial charge in [0.2, 0.25) is 0 Å². The van der Waals surface area contributed by atoms with Crippen LogP contribution in [-0.2, 0) is 20.0 Å². The molecular weight excluding hydrogens is 300 g/mol. The number of hydrogen-bond donors (Lipinski definition) is 1. The Morgan fingerprint density at radius 3 is 3.00 bits per heavy atom. The molecule has 0 saturated heterocycles. The highest BCUT2D eigenvalue weighted by Gasteiger charge is 2.10. The van der Waals surface area contributed by atoms with Crippen molar-refractivity contribution in [2.45, 2.75) is 19.9 Å². The first-order chi connectivity index (χ1) is 10.5. The molecule has 22 heavy (non-hydrogen) atoms. The molecule has 0 fully saturated rings. The first-order valence-corrected chi connectivity index (χ1v) is 7.91. The van der Waals surface area contributed by atoms with Gasteiger partial charge in [0, 0.05) is 18.5 Å². The zero-order valence-electron chi connectivity index (χ0n) is 12.8. The van der Waals surface area contributed by atoms with Gasteiger partial charge in [0.1, 0.15) is 11.2 Å². The minimum Gasteiger partial charge on any atom is -0.309 e. The first kappa shape index (κ1) is 14.9. The van der Waals surface area contributed by atoms with Crippen LogP contribution in [-0.4, -0.2) is 43.2 Å². The first-order valence-electron chi connectivity index (χ1n) is 7.03. The van der Waals surface area contributed by atoms with E-state index in [0.29, 0.717) is 23.4 Å². The molecule has 1 N–H and O–H groups in total. The van der Waals surface area contributed by atoms with E-state index in [1.807, 2.05) is 19.5 Å². The number of likely N-dealkylation sites (N-methyl/N-ethyl adjacent to an activating group) is 1.